The van der Waals surface area contributed by atoms with Gasteiger partial charge in [0.2, 0.25) is 0 Å². The maximum absolute atomic E-state index is 4.32. The van der Waals surface area contributed by atoms with Crippen LogP contribution in [-0.4, -0.2) is 43.1 Å². The molecule has 0 saturated heterocycles. The van der Waals surface area contributed by atoms with Gasteiger partial charge in [-0.05, 0) is 45.1 Å². The number of hydrogen-bond donors (Lipinski definition) is 1. The first-order chi connectivity index (χ1) is 7.83. The van der Waals surface area contributed by atoms with Crippen LogP contribution in [0.2, 0.25) is 0 Å². The summed E-state index contributed by atoms with van der Waals surface area (Å²) in [6.45, 7) is 6.54. The lowest BCUT2D eigenvalue weighted by Crippen LogP contribution is -2.30. The van der Waals surface area contributed by atoms with Crippen LogP contribution in [0.3, 0.4) is 0 Å². The second-order valence-electron chi connectivity index (χ2n) is 4.08. The van der Waals surface area contributed by atoms with Crippen molar-refractivity contribution in [3.8, 4) is 0 Å². The van der Waals surface area contributed by atoms with E-state index in [9.17, 15) is 0 Å². The van der Waals surface area contributed by atoms with E-state index < -0.39 is 0 Å². The molecule has 0 aliphatic rings. The molecule has 1 heterocycles. The van der Waals surface area contributed by atoms with E-state index in [0.717, 1.165) is 32.6 Å². The van der Waals surface area contributed by atoms with Crippen molar-refractivity contribution in [3.05, 3.63) is 30.1 Å². The minimum atomic E-state index is 1.06. The van der Waals surface area contributed by atoms with Crippen molar-refractivity contribution in [1.82, 2.24) is 15.2 Å². The van der Waals surface area contributed by atoms with Crippen molar-refractivity contribution in [3.63, 3.8) is 0 Å². The third kappa shape index (κ3) is 5.83. The van der Waals surface area contributed by atoms with Gasteiger partial charge >= 0.3 is 0 Å². The molecule has 0 aromatic carbocycles. The van der Waals surface area contributed by atoms with Gasteiger partial charge in [0.1, 0.15) is 0 Å². The number of pyridine rings is 1. The summed E-state index contributed by atoms with van der Waals surface area (Å²) in [5, 5.41) is 3.33. The van der Waals surface area contributed by atoms with Crippen LogP contribution in [0.25, 0.3) is 0 Å². The Morgan fingerprint density at radius 1 is 1.31 bits per heavy atom. The van der Waals surface area contributed by atoms with Crippen molar-refractivity contribution >= 4 is 0 Å². The molecule has 0 radical (unpaired) electrons. The van der Waals surface area contributed by atoms with Crippen molar-refractivity contribution < 1.29 is 0 Å². The Hall–Kier alpha value is -0.930. The topological polar surface area (TPSA) is 28.2 Å². The first kappa shape index (κ1) is 13.1. The number of rotatable bonds is 8. The fourth-order valence-corrected chi connectivity index (χ4v) is 1.63. The van der Waals surface area contributed by atoms with Crippen LogP contribution in [0.15, 0.2) is 24.4 Å². The van der Waals surface area contributed by atoms with Crippen molar-refractivity contribution in [2.45, 2.75) is 19.8 Å². The number of nitrogens with zero attached hydrogens (tertiary/aromatic N) is 2. The quantitative estimate of drug-likeness (QED) is 0.675. The van der Waals surface area contributed by atoms with Crippen molar-refractivity contribution in [2.75, 3.05) is 33.2 Å². The molecule has 3 heteroatoms. The number of likely N-dealkylation sites (N-methyl/N-ethyl adjacent to an activating group) is 2. The minimum absolute atomic E-state index is 1.06. The van der Waals surface area contributed by atoms with Gasteiger partial charge in [0.05, 0.1) is 0 Å². The van der Waals surface area contributed by atoms with E-state index in [1.54, 1.807) is 0 Å². The summed E-state index contributed by atoms with van der Waals surface area (Å²) in [5.41, 5.74) is 1.20. The van der Waals surface area contributed by atoms with Gasteiger partial charge in [-0.25, -0.2) is 0 Å². The summed E-state index contributed by atoms with van der Waals surface area (Å²) < 4.78 is 0. The van der Waals surface area contributed by atoms with E-state index in [2.05, 4.69) is 41.3 Å². The van der Waals surface area contributed by atoms with Crippen LogP contribution in [0.1, 0.15) is 19.0 Å². The maximum atomic E-state index is 4.32. The number of aromatic nitrogens is 1. The molecule has 0 amide bonds. The Bertz CT molecular complexity index is 261. The molecule has 0 unspecified atom stereocenters. The van der Waals surface area contributed by atoms with E-state index in [-0.39, 0.29) is 0 Å². The Morgan fingerprint density at radius 3 is 2.88 bits per heavy atom. The molecule has 1 aromatic heterocycles. The smallest absolute Gasteiger partial charge is 0.0404 e. The molecule has 0 aliphatic carbocycles. The Morgan fingerprint density at radius 2 is 2.19 bits per heavy atom. The molecule has 1 N–H and O–H groups in total. The van der Waals surface area contributed by atoms with Gasteiger partial charge < -0.3 is 10.2 Å². The monoisotopic (exact) mass is 221 g/mol. The molecular weight excluding hydrogens is 198 g/mol. The highest BCUT2D eigenvalue weighted by Gasteiger charge is 1.98. The van der Waals surface area contributed by atoms with E-state index >= 15 is 0 Å². The number of hydrogen-bond acceptors (Lipinski definition) is 3. The molecule has 1 aromatic rings. The Kier molecular flexibility index (Phi) is 6.77. The molecule has 16 heavy (non-hydrogen) atoms. The number of nitrogens with one attached hydrogen (secondary N) is 1. The predicted molar refractivity (Wildman–Crippen MR) is 68.6 cm³/mol. The Balaban J connectivity index is 2.06. The maximum Gasteiger partial charge on any atom is 0.0404 e. The van der Waals surface area contributed by atoms with Gasteiger partial charge in [-0.15, -0.1) is 0 Å². The molecular formula is C13H23N3. The summed E-state index contributed by atoms with van der Waals surface area (Å²) in [4.78, 5) is 6.69. The fraction of sp³-hybridized carbons (Fsp3) is 0.615. The summed E-state index contributed by atoms with van der Waals surface area (Å²) in [5.74, 6) is 0. The van der Waals surface area contributed by atoms with E-state index in [1.807, 2.05) is 12.3 Å². The molecule has 0 saturated carbocycles. The van der Waals surface area contributed by atoms with Crippen LogP contribution in [0.5, 0.6) is 0 Å². The zero-order chi connectivity index (χ0) is 11.6. The first-order valence-electron chi connectivity index (χ1n) is 6.12. The standard InChI is InChI=1S/C13H23N3/c1-3-14-10-12-16(2)11-6-8-13-7-4-5-9-15-13/h4-5,7,9,14H,3,6,8,10-12H2,1-2H3. The zero-order valence-corrected chi connectivity index (χ0v) is 10.4. The highest BCUT2D eigenvalue weighted by Crippen LogP contribution is 1.99. The zero-order valence-electron chi connectivity index (χ0n) is 10.4. The molecule has 0 spiro atoms. The first-order valence-corrected chi connectivity index (χ1v) is 6.12. The van der Waals surface area contributed by atoms with Crippen molar-refractivity contribution in [2.24, 2.45) is 0 Å². The lowest BCUT2D eigenvalue weighted by atomic mass is 10.2. The summed E-state index contributed by atoms with van der Waals surface area (Å²) in [6.07, 6.45) is 4.12. The van der Waals surface area contributed by atoms with E-state index in [1.165, 1.54) is 12.1 Å². The molecule has 3 nitrogen and oxygen atoms in total. The van der Waals surface area contributed by atoms with Crippen molar-refractivity contribution in [1.29, 1.82) is 0 Å². The highest BCUT2D eigenvalue weighted by atomic mass is 15.1. The van der Waals surface area contributed by atoms with Gasteiger partial charge in [-0.1, -0.05) is 13.0 Å². The molecule has 0 atom stereocenters. The van der Waals surface area contributed by atoms with Gasteiger partial charge in [-0.3, -0.25) is 4.98 Å². The van der Waals surface area contributed by atoms with Gasteiger partial charge in [0.25, 0.3) is 0 Å². The molecule has 0 fully saturated rings. The molecule has 1 rings (SSSR count). The van der Waals surface area contributed by atoms with Crippen LogP contribution < -0.4 is 5.32 Å². The predicted octanol–water partition coefficient (Wildman–Crippen LogP) is 1.56. The van der Waals surface area contributed by atoms with Crippen LogP contribution >= 0.6 is 0 Å². The van der Waals surface area contributed by atoms with Gasteiger partial charge in [0, 0.05) is 25.0 Å². The van der Waals surface area contributed by atoms with E-state index in [4.69, 9.17) is 0 Å². The lowest BCUT2D eigenvalue weighted by Gasteiger charge is -2.16. The summed E-state index contributed by atoms with van der Waals surface area (Å²) in [6, 6.07) is 6.11. The fourth-order valence-electron chi connectivity index (χ4n) is 1.63. The second kappa shape index (κ2) is 8.25. The largest absolute Gasteiger partial charge is 0.316 e. The highest BCUT2D eigenvalue weighted by molar-refractivity contribution is 5.03. The van der Waals surface area contributed by atoms with Gasteiger partial charge in [-0.2, -0.15) is 0 Å². The van der Waals surface area contributed by atoms with Crippen LogP contribution in [-0.2, 0) is 6.42 Å². The summed E-state index contributed by atoms with van der Waals surface area (Å²) in [7, 11) is 2.18. The molecule has 90 valence electrons. The van der Waals surface area contributed by atoms with E-state index in [0.29, 0.717) is 0 Å². The third-order valence-corrected chi connectivity index (χ3v) is 2.62. The number of aryl methyl sites for hydroxylation is 1. The molecule has 0 aliphatic heterocycles. The average molecular weight is 221 g/mol. The Labute approximate surface area is 98.9 Å². The SMILES string of the molecule is CCNCCN(C)CCCc1ccccn1. The van der Waals surface area contributed by atoms with Crippen LogP contribution in [0.4, 0.5) is 0 Å². The normalized spacial score (nSPS) is 10.9. The minimum Gasteiger partial charge on any atom is -0.316 e. The van der Waals surface area contributed by atoms with Gasteiger partial charge in [0.15, 0.2) is 0 Å². The molecule has 0 bridgehead atoms. The second-order valence-corrected chi connectivity index (χ2v) is 4.08. The van der Waals surface area contributed by atoms with Crippen LogP contribution in [0, 0.1) is 0 Å². The summed E-state index contributed by atoms with van der Waals surface area (Å²) >= 11 is 0. The lowest BCUT2D eigenvalue weighted by molar-refractivity contribution is 0.328. The average Bonchev–Trinajstić information content (AvgIpc) is 2.31. The third-order valence-electron chi connectivity index (χ3n) is 2.62.